The predicted molar refractivity (Wildman–Crippen MR) is 117 cm³/mol. The SMILES string of the molecule is CN1C(=O)c2ccccc2[C@H](C(=O)Nc2ccc3cc[nH]c3c2)[C@@H]1c1ccccc1. The molecule has 5 rings (SSSR count). The molecule has 1 aliphatic rings. The van der Waals surface area contributed by atoms with Crippen molar-refractivity contribution < 1.29 is 9.59 Å². The highest BCUT2D eigenvalue weighted by atomic mass is 16.2. The second kappa shape index (κ2) is 7.19. The Balaban J connectivity index is 1.58. The number of anilines is 1. The molecule has 0 spiro atoms. The highest BCUT2D eigenvalue weighted by molar-refractivity contribution is 6.04. The minimum absolute atomic E-state index is 0.0729. The molecule has 0 aliphatic carbocycles. The van der Waals surface area contributed by atoms with Crippen LogP contribution in [0.25, 0.3) is 10.9 Å². The maximum absolute atomic E-state index is 13.6. The summed E-state index contributed by atoms with van der Waals surface area (Å²) in [6.45, 7) is 0. The maximum Gasteiger partial charge on any atom is 0.254 e. The van der Waals surface area contributed by atoms with E-state index >= 15 is 0 Å². The molecule has 0 radical (unpaired) electrons. The largest absolute Gasteiger partial charge is 0.361 e. The Hall–Kier alpha value is -3.86. The van der Waals surface area contributed by atoms with Gasteiger partial charge in [0.05, 0.1) is 12.0 Å². The van der Waals surface area contributed by atoms with Gasteiger partial charge in [-0.2, -0.15) is 0 Å². The smallest absolute Gasteiger partial charge is 0.254 e. The quantitative estimate of drug-likeness (QED) is 0.527. The van der Waals surface area contributed by atoms with Crippen LogP contribution in [0, 0.1) is 0 Å². The Morgan fingerprint density at radius 2 is 1.73 bits per heavy atom. The van der Waals surface area contributed by atoms with Crippen molar-refractivity contribution in [1.82, 2.24) is 9.88 Å². The molecule has 2 atom stereocenters. The number of fused-ring (bicyclic) bond motifs is 2. The normalized spacial score (nSPS) is 18.3. The van der Waals surface area contributed by atoms with Crippen molar-refractivity contribution >= 4 is 28.4 Å². The number of carbonyl (C=O) groups excluding carboxylic acids is 2. The average Bonchev–Trinajstić information content (AvgIpc) is 3.24. The average molecular weight is 395 g/mol. The van der Waals surface area contributed by atoms with Crippen LogP contribution in [-0.2, 0) is 4.79 Å². The lowest BCUT2D eigenvalue weighted by Gasteiger charge is -2.39. The number of hydrogen-bond acceptors (Lipinski definition) is 2. The molecule has 3 aromatic carbocycles. The molecule has 30 heavy (non-hydrogen) atoms. The van der Waals surface area contributed by atoms with E-state index in [0.717, 1.165) is 27.7 Å². The number of amides is 2. The molecule has 4 aromatic rings. The minimum Gasteiger partial charge on any atom is -0.361 e. The molecule has 0 bridgehead atoms. The van der Waals surface area contributed by atoms with Crippen LogP contribution < -0.4 is 5.32 Å². The van der Waals surface area contributed by atoms with Crippen LogP contribution in [-0.4, -0.2) is 28.7 Å². The first kappa shape index (κ1) is 18.2. The van der Waals surface area contributed by atoms with Crippen molar-refractivity contribution in [3.05, 3.63) is 102 Å². The number of hydrogen-bond donors (Lipinski definition) is 2. The summed E-state index contributed by atoms with van der Waals surface area (Å²) < 4.78 is 0. The van der Waals surface area contributed by atoms with Gasteiger partial charge in [-0.1, -0.05) is 54.6 Å². The summed E-state index contributed by atoms with van der Waals surface area (Å²) in [6, 6.07) is 24.5. The van der Waals surface area contributed by atoms with E-state index in [1.54, 1.807) is 18.0 Å². The predicted octanol–water partition coefficient (Wildman–Crippen LogP) is 4.72. The monoisotopic (exact) mass is 395 g/mol. The van der Waals surface area contributed by atoms with Crippen molar-refractivity contribution in [3.63, 3.8) is 0 Å². The first-order valence-corrected chi connectivity index (χ1v) is 9.92. The van der Waals surface area contributed by atoms with Gasteiger partial charge in [0.15, 0.2) is 0 Å². The third kappa shape index (κ3) is 2.95. The van der Waals surface area contributed by atoms with Gasteiger partial charge in [-0.05, 0) is 40.8 Å². The van der Waals surface area contributed by atoms with Crippen molar-refractivity contribution in [2.24, 2.45) is 0 Å². The summed E-state index contributed by atoms with van der Waals surface area (Å²) in [6.07, 6.45) is 1.87. The molecule has 0 saturated carbocycles. The van der Waals surface area contributed by atoms with E-state index in [9.17, 15) is 9.59 Å². The Labute approximate surface area is 174 Å². The zero-order valence-corrected chi connectivity index (χ0v) is 16.5. The van der Waals surface area contributed by atoms with Gasteiger partial charge in [-0.25, -0.2) is 0 Å². The topological polar surface area (TPSA) is 65.2 Å². The van der Waals surface area contributed by atoms with Crippen LogP contribution in [0.1, 0.15) is 33.4 Å². The van der Waals surface area contributed by atoms with E-state index in [-0.39, 0.29) is 17.9 Å². The highest BCUT2D eigenvalue weighted by Gasteiger charge is 2.42. The van der Waals surface area contributed by atoms with Gasteiger partial charge in [-0.15, -0.1) is 0 Å². The fourth-order valence-electron chi connectivity index (χ4n) is 4.37. The molecule has 2 amide bonds. The molecule has 5 nitrogen and oxygen atoms in total. The summed E-state index contributed by atoms with van der Waals surface area (Å²) in [5.74, 6) is -0.733. The van der Waals surface area contributed by atoms with E-state index in [1.807, 2.05) is 79.0 Å². The number of likely N-dealkylation sites (N-methyl/N-ethyl adjacent to an activating group) is 1. The van der Waals surface area contributed by atoms with E-state index in [0.29, 0.717) is 5.56 Å². The molecule has 2 N–H and O–H groups in total. The number of H-pyrrole nitrogens is 1. The lowest BCUT2D eigenvalue weighted by Crippen LogP contribution is -2.44. The van der Waals surface area contributed by atoms with E-state index < -0.39 is 5.92 Å². The van der Waals surface area contributed by atoms with Crippen LogP contribution in [0.3, 0.4) is 0 Å². The Morgan fingerprint density at radius 3 is 2.57 bits per heavy atom. The molecule has 2 heterocycles. The lowest BCUT2D eigenvalue weighted by atomic mass is 9.79. The second-order valence-electron chi connectivity index (χ2n) is 7.61. The lowest BCUT2D eigenvalue weighted by molar-refractivity contribution is -0.119. The zero-order chi connectivity index (χ0) is 20.7. The third-order valence-electron chi connectivity index (χ3n) is 5.83. The van der Waals surface area contributed by atoms with Gasteiger partial charge in [0, 0.05) is 30.0 Å². The summed E-state index contributed by atoms with van der Waals surface area (Å²) in [5, 5.41) is 4.16. The minimum atomic E-state index is -0.523. The fraction of sp³-hybridized carbons (Fsp3) is 0.120. The molecule has 148 valence electrons. The van der Waals surface area contributed by atoms with Crippen molar-refractivity contribution in [1.29, 1.82) is 0 Å². The van der Waals surface area contributed by atoms with Gasteiger partial charge in [0.25, 0.3) is 5.91 Å². The second-order valence-corrected chi connectivity index (χ2v) is 7.61. The van der Waals surface area contributed by atoms with Crippen LogP contribution in [0.4, 0.5) is 5.69 Å². The molecule has 0 unspecified atom stereocenters. The Morgan fingerprint density at radius 1 is 0.967 bits per heavy atom. The van der Waals surface area contributed by atoms with Gasteiger partial charge in [-0.3, -0.25) is 9.59 Å². The first-order chi connectivity index (χ1) is 14.6. The number of aromatic nitrogens is 1. The summed E-state index contributed by atoms with van der Waals surface area (Å²) in [7, 11) is 1.77. The zero-order valence-electron chi connectivity index (χ0n) is 16.5. The summed E-state index contributed by atoms with van der Waals surface area (Å²) in [4.78, 5) is 31.5. The van der Waals surface area contributed by atoms with Crippen LogP contribution >= 0.6 is 0 Å². The number of nitrogens with zero attached hydrogens (tertiary/aromatic N) is 1. The number of rotatable bonds is 3. The Bertz CT molecular complexity index is 1250. The Kier molecular flexibility index (Phi) is 4.36. The van der Waals surface area contributed by atoms with Gasteiger partial charge >= 0.3 is 0 Å². The molecule has 1 aliphatic heterocycles. The molecule has 0 fully saturated rings. The summed E-state index contributed by atoms with van der Waals surface area (Å²) >= 11 is 0. The van der Waals surface area contributed by atoms with Crippen molar-refractivity contribution in [2.75, 3.05) is 12.4 Å². The van der Waals surface area contributed by atoms with Crippen molar-refractivity contribution in [3.8, 4) is 0 Å². The highest BCUT2D eigenvalue weighted by Crippen LogP contribution is 2.42. The third-order valence-corrected chi connectivity index (χ3v) is 5.83. The molecular formula is C25H21N3O2. The van der Waals surface area contributed by atoms with E-state index in [2.05, 4.69) is 10.3 Å². The standard InChI is InChI=1S/C25H21N3O2/c1-28-23(17-7-3-2-4-8-17)22(19-9-5-6-10-20(19)25(28)30)24(29)27-18-12-11-16-13-14-26-21(16)15-18/h2-15,22-23,26H,1H3,(H,27,29)/t22-,23-/m0/s1. The summed E-state index contributed by atoms with van der Waals surface area (Å²) in [5.41, 5.74) is 3.95. The van der Waals surface area contributed by atoms with Gasteiger partial charge < -0.3 is 15.2 Å². The fourth-order valence-corrected chi connectivity index (χ4v) is 4.37. The van der Waals surface area contributed by atoms with Gasteiger partial charge in [0.2, 0.25) is 5.91 Å². The van der Waals surface area contributed by atoms with Gasteiger partial charge in [0.1, 0.15) is 0 Å². The van der Waals surface area contributed by atoms with E-state index in [4.69, 9.17) is 0 Å². The molecular weight excluding hydrogens is 374 g/mol. The van der Waals surface area contributed by atoms with Crippen molar-refractivity contribution in [2.45, 2.75) is 12.0 Å². The van der Waals surface area contributed by atoms with Crippen LogP contribution in [0.5, 0.6) is 0 Å². The number of carbonyl (C=O) groups is 2. The molecule has 0 saturated heterocycles. The van der Waals surface area contributed by atoms with Crippen LogP contribution in [0.2, 0.25) is 0 Å². The number of nitrogens with one attached hydrogen (secondary N) is 2. The molecule has 1 aromatic heterocycles. The van der Waals surface area contributed by atoms with E-state index in [1.165, 1.54) is 0 Å². The first-order valence-electron chi connectivity index (χ1n) is 9.92. The number of benzene rings is 3. The molecule has 5 heteroatoms. The number of aromatic amines is 1. The maximum atomic E-state index is 13.6. The van der Waals surface area contributed by atoms with Crippen LogP contribution in [0.15, 0.2) is 85.1 Å².